The number of piperidine rings is 1. The zero-order valence-electron chi connectivity index (χ0n) is 13.3. The van der Waals surface area contributed by atoms with Gasteiger partial charge in [-0.2, -0.15) is 0 Å². The normalized spacial score (nSPS) is 18.9. The second-order valence-corrected chi connectivity index (χ2v) is 6.92. The quantitative estimate of drug-likeness (QED) is 0.865. The molecule has 0 aliphatic carbocycles. The number of nitrogens with one attached hydrogen (secondary N) is 1. The second kappa shape index (κ2) is 7.13. The maximum absolute atomic E-state index is 11.7. The number of hydrogen-bond acceptors (Lipinski definition) is 5. The van der Waals surface area contributed by atoms with E-state index in [0.29, 0.717) is 17.6 Å². The van der Waals surface area contributed by atoms with Gasteiger partial charge in [0, 0.05) is 25.7 Å². The number of aromatic nitrogens is 2. The molecule has 1 saturated heterocycles. The van der Waals surface area contributed by atoms with Gasteiger partial charge in [0.25, 0.3) is 0 Å². The number of carbonyl (C=O) groups is 1. The Hall–Kier alpha value is -1.56. The van der Waals surface area contributed by atoms with Crippen molar-refractivity contribution in [3.63, 3.8) is 0 Å². The van der Waals surface area contributed by atoms with E-state index < -0.39 is 5.60 Å². The molecule has 2 heterocycles. The summed E-state index contributed by atoms with van der Waals surface area (Å²) in [5.41, 5.74) is -0.472. The van der Waals surface area contributed by atoms with Crippen molar-refractivity contribution < 1.29 is 9.53 Å². The molecule has 6 nitrogen and oxygen atoms in total. The summed E-state index contributed by atoms with van der Waals surface area (Å²) < 4.78 is 5.25. The Bertz CT molecular complexity index is 519. The lowest BCUT2D eigenvalue weighted by Crippen LogP contribution is -2.42. The molecule has 0 bridgehead atoms. The molecule has 0 unspecified atom stereocenters. The Morgan fingerprint density at radius 1 is 1.50 bits per heavy atom. The first-order chi connectivity index (χ1) is 10.3. The smallest absolute Gasteiger partial charge is 0.407 e. The number of ether oxygens (including phenoxy) is 1. The van der Waals surface area contributed by atoms with E-state index in [1.165, 1.54) is 6.33 Å². The van der Waals surface area contributed by atoms with Crippen LogP contribution in [0.25, 0.3) is 0 Å². The number of nitrogens with zero attached hydrogens (tertiary/aromatic N) is 3. The standard InChI is InChI=1S/C15H23ClN4O2/c1-15(2,3)22-14(21)17-8-11-5-4-6-20(9-11)13-7-12(16)18-10-19-13/h7,10-11H,4-6,8-9H2,1-3H3,(H,17,21)/t11-/m1/s1. The zero-order chi connectivity index (χ0) is 16.2. The number of hydrogen-bond donors (Lipinski definition) is 1. The fourth-order valence-electron chi connectivity index (χ4n) is 2.48. The van der Waals surface area contributed by atoms with E-state index in [1.807, 2.05) is 20.8 Å². The monoisotopic (exact) mass is 326 g/mol. The highest BCUT2D eigenvalue weighted by molar-refractivity contribution is 6.29. The van der Waals surface area contributed by atoms with Crippen LogP contribution in [0.4, 0.5) is 10.6 Å². The van der Waals surface area contributed by atoms with Crippen LogP contribution in [0, 0.1) is 5.92 Å². The number of amides is 1. The fourth-order valence-corrected chi connectivity index (χ4v) is 2.62. The molecular weight excluding hydrogens is 304 g/mol. The van der Waals surface area contributed by atoms with E-state index in [9.17, 15) is 4.79 Å². The Morgan fingerprint density at radius 3 is 2.95 bits per heavy atom. The molecule has 1 amide bonds. The van der Waals surface area contributed by atoms with Crippen LogP contribution in [0.15, 0.2) is 12.4 Å². The third-order valence-corrected chi connectivity index (χ3v) is 3.60. The molecule has 22 heavy (non-hydrogen) atoms. The molecule has 2 rings (SSSR count). The topological polar surface area (TPSA) is 67.3 Å². The van der Waals surface area contributed by atoms with Gasteiger partial charge in [-0.05, 0) is 39.5 Å². The summed E-state index contributed by atoms with van der Waals surface area (Å²) in [5.74, 6) is 1.21. The summed E-state index contributed by atoms with van der Waals surface area (Å²) in [5, 5.41) is 3.29. The van der Waals surface area contributed by atoms with Crippen LogP contribution < -0.4 is 10.2 Å². The maximum atomic E-state index is 11.7. The van der Waals surface area contributed by atoms with Crippen molar-refractivity contribution in [1.29, 1.82) is 0 Å². The van der Waals surface area contributed by atoms with Gasteiger partial charge >= 0.3 is 6.09 Å². The Kier molecular flexibility index (Phi) is 5.45. The molecule has 1 atom stereocenters. The van der Waals surface area contributed by atoms with Crippen LogP contribution in [-0.4, -0.2) is 41.3 Å². The molecule has 1 aliphatic heterocycles. The van der Waals surface area contributed by atoms with E-state index in [4.69, 9.17) is 16.3 Å². The molecule has 1 aliphatic rings. The average Bonchev–Trinajstić information content (AvgIpc) is 2.44. The minimum absolute atomic E-state index is 0.366. The molecule has 7 heteroatoms. The van der Waals surface area contributed by atoms with E-state index in [0.717, 1.165) is 31.7 Å². The van der Waals surface area contributed by atoms with Crippen LogP contribution in [0.1, 0.15) is 33.6 Å². The Morgan fingerprint density at radius 2 is 2.27 bits per heavy atom. The maximum Gasteiger partial charge on any atom is 0.407 e. The molecule has 0 aromatic carbocycles. The van der Waals surface area contributed by atoms with E-state index in [-0.39, 0.29) is 6.09 Å². The van der Waals surface area contributed by atoms with Crippen LogP contribution in [0.5, 0.6) is 0 Å². The van der Waals surface area contributed by atoms with Crippen molar-refractivity contribution >= 4 is 23.5 Å². The van der Waals surface area contributed by atoms with E-state index >= 15 is 0 Å². The molecule has 1 aromatic rings. The highest BCUT2D eigenvalue weighted by atomic mass is 35.5. The Balaban J connectivity index is 1.85. The fraction of sp³-hybridized carbons (Fsp3) is 0.667. The summed E-state index contributed by atoms with van der Waals surface area (Å²) in [6, 6.07) is 1.77. The van der Waals surface area contributed by atoms with E-state index in [2.05, 4.69) is 20.2 Å². The lowest BCUT2D eigenvalue weighted by atomic mass is 9.98. The SMILES string of the molecule is CC(C)(C)OC(=O)NC[C@H]1CCCN(c2cc(Cl)ncn2)C1. The van der Waals surface area contributed by atoms with Crippen LogP contribution in [0.3, 0.4) is 0 Å². The summed E-state index contributed by atoms with van der Waals surface area (Å²) >= 11 is 5.91. The lowest BCUT2D eigenvalue weighted by molar-refractivity contribution is 0.0517. The highest BCUT2D eigenvalue weighted by Crippen LogP contribution is 2.22. The predicted molar refractivity (Wildman–Crippen MR) is 86.2 cm³/mol. The van der Waals surface area contributed by atoms with Crippen LogP contribution in [-0.2, 0) is 4.74 Å². The minimum atomic E-state index is -0.472. The third kappa shape index (κ3) is 5.33. The third-order valence-electron chi connectivity index (χ3n) is 3.40. The predicted octanol–water partition coefficient (Wildman–Crippen LogP) is 2.87. The molecule has 1 fully saturated rings. The molecule has 0 radical (unpaired) electrons. The van der Waals surface area contributed by atoms with E-state index in [1.54, 1.807) is 6.07 Å². The molecule has 1 N–H and O–H groups in total. The van der Waals surface area contributed by atoms with Crippen molar-refractivity contribution in [2.45, 2.75) is 39.2 Å². The number of rotatable bonds is 3. The highest BCUT2D eigenvalue weighted by Gasteiger charge is 2.23. The lowest BCUT2D eigenvalue weighted by Gasteiger charge is -2.33. The molecule has 0 spiro atoms. The minimum Gasteiger partial charge on any atom is -0.444 e. The van der Waals surface area contributed by atoms with Gasteiger partial charge in [-0.25, -0.2) is 14.8 Å². The molecular formula is C15H23ClN4O2. The van der Waals surface area contributed by atoms with Gasteiger partial charge < -0.3 is 15.0 Å². The number of alkyl carbamates (subject to hydrolysis) is 1. The van der Waals surface area contributed by atoms with Crippen molar-refractivity contribution in [2.24, 2.45) is 5.92 Å². The summed E-state index contributed by atoms with van der Waals surface area (Å²) in [7, 11) is 0. The van der Waals surface area contributed by atoms with Gasteiger partial charge in [0.2, 0.25) is 0 Å². The summed E-state index contributed by atoms with van der Waals surface area (Å²) in [6.07, 6.45) is 3.24. The number of carbonyl (C=O) groups excluding carboxylic acids is 1. The van der Waals surface area contributed by atoms with Gasteiger partial charge in [0.15, 0.2) is 0 Å². The van der Waals surface area contributed by atoms with Crippen molar-refractivity contribution in [3.05, 3.63) is 17.5 Å². The van der Waals surface area contributed by atoms with Gasteiger partial charge in [-0.1, -0.05) is 11.6 Å². The number of anilines is 1. The van der Waals surface area contributed by atoms with Crippen LogP contribution in [0.2, 0.25) is 5.15 Å². The van der Waals surface area contributed by atoms with Crippen LogP contribution >= 0.6 is 11.6 Å². The first-order valence-electron chi connectivity index (χ1n) is 7.53. The van der Waals surface area contributed by atoms with Crippen molar-refractivity contribution in [1.82, 2.24) is 15.3 Å². The van der Waals surface area contributed by atoms with Gasteiger partial charge in [-0.3, -0.25) is 0 Å². The largest absolute Gasteiger partial charge is 0.444 e. The molecule has 122 valence electrons. The first-order valence-corrected chi connectivity index (χ1v) is 7.90. The summed E-state index contributed by atoms with van der Waals surface area (Å²) in [6.45, 7) is 7.94. The zero-order valence-corrected chi connectivity index (χ0v) is 14.1. The average molecular weight is 327 g/mol. The van der Waals surface area contributed by atoms with Gasteiger partial charge in [0.05, 0.1) is 0 Å². The molecule has 1 aromatic heterocycles. The first kappa shape index (κ1) is 16.8. The van der Waals surface area contributed by atoms with Gasteiger partial charge in [-0.15, -0.1) is 0 Å². The van der Waals surface area contributed by atoms with Gasteiger partial charge in [0.1, 0.15) is 22.9 Å². The van der Waals surface area contributed by atoms with Crippen molar-refractivity contribution in [3.8, 4) is 0 Å². The summed E-state index contributed by atoms with van der Waals surface area (Å²) in [4.78, 5) is 22.1. The van der Waals surface area contributed by atoms with Crippen molar-refractivity contribution in [2.75, 3.05) is 24.5 Å². The number of halogens is 1. The second-order valence-electron chi connectivity index (χ2n) is 6.54. The Labute approximate surface area is 136 Å². The molecule has 0 saturated carbocycles.